The Morgan fingerprint density at radius 3 is 2.47 bits per heavy atom. The van der Waals surface area contributed by atoms with Gasteiger partial charge in [0.2, 0.25) is 5.91 Å². The van der Waals surface area contributed by atoms with Gasteiger partial charge in [-0.3, -0.25) is 4.79 Å². The first-order valence-electron chi connectivity index (χ1n) is 5.61. The van der Waals surface area contributed by atoms with E-state index in [1.54, 1.807) is 0 Å². The number of hydrogen-bond acceptors (Lipinski definition) is 3. The molecular weight excluding hydrogens is 192 g/mol. The Hall–Kier alpha value is -0.610. The van der Waals surface area contributed by atoms with Crippen LogP contribution in [-0.4, -0.2) is 49.2 Å². The topological polar surface area (TPSA) is 41.6 Å². The molecular formula is C11H22N2O2. The molecule has 4 heteroatoms. The number of carbonyl (C=O) groups is 1. The van der Waals surface area contributed by atoms with E-state index in [-0.39, 0.29) is 11.5 Å². The number of carbonyl (C=O) groups excluding carboxylic acids is 1. The van der Waals surface area contributed by atoms with E-state index in [1.165, 1.54) is 0 Å². The average Bonchev–Trinajstić information content (AvgIpc) is 2.17. The van der Waals surface area contributed by atoms with Gasteiger partial charge >= 0.3 is 0 Å². The van der Waals surface area contributed by atoms with Gasteiger partial charge in [0.25, 0.3) is 0 Å². The molecule has 0 aliphatic carbocycles. The number of nitrogens with zero attached hydrogens (tertiary/aromatic N) is 1. The zero-order valence-electron chi connectivity index (χ0n) is 10.0. The lowest BCUT2D eigenvalue weighted by molar-refractivity contribution is -0.134. The predicted molar refractivity (Wildman–Crippen MR) is 59.8 cm³/mol. The highest BCUT2D eigenvalue weighted by atomic mass is 16.5. The number of ether oxygens (including phenoxy) is 1. The minimum Gasteiger partial charge on any atom is -0.375 e. The third-order valence-corrected chi connectivity index (χ3v) is 2.32. The zero-order chi connectivity index (χ0) is 11.3. The molecule has 1 aliphatic rings. The van der Waals surface area contributed by atoms with Gasteiger partial charge in [0.15, 0.2) is 0 Å². The SMILES string of the molecule is CC(C)(C)OCCC(=O)N1CCNCC1. The molecule has 0 aromatic heterocycles. The molecule has 1 aliphatic heterocycles. The number of rotatable bonds is 3. The second kappa shape index (κ2) is 5.47. The maximum Gasteiger partial charge on any atom is 0.224 e. The Bertz CT molecular complexity index is 205. The van der Waals surface area contributed by atoms with Gasteiger partial charge in [0.05, 0.1) is 18.6 Å². The van der Waals surface area contributed by atoms with Crippen LogP contribution in [0.25, 0.3) is 0 Å². The van der Waals surface area contributed by atoms with Crippen molar-refractivity contribution in [2.24, 2.45) is 0 Å². The average molecular weight is 214 g/mol. The van der Waals surface area contributed by atoms with Gasteiger partial charge in [-0.15, -0.1) is 0 Å². The molecule has 0 aromatic rings. The van der Waals surface area contributed by atoms with Crippen molar-refractivity contribution in [1.29, 1.82) is 0 Å². The van der Waals surface area contributed by atoms with Crippen molar-refractivity contribution in [1.82, 2.24) is 10.2 Å². The minimum atomic E-state index is -0.149. The van der Waals surface area contributed by atoms with Gasteiger partial charge in [0.1, 0.15) is 0 Å². The van der Waals surface area contributed by atoms with Crippen molar-refractivity contribution in [3.8, 4) is 0 Å². The molecule has 1 rings (SSSR count). The smallest absolute Gasteiger partial charge is 0.224 e. The summed E-state index contributed by atoms with van der Waals surface area (Å²) in [4.78, 5) is 13.6. The van der Waals surface area contributed by atoms with Crippen LogP contribution in [0.5, 0.6) is 0 Å². The van der Waals surface area contributed by atoms with E-state index < -0.39 is 0 Å². The van der Waals surface area contributed by atoms with E-state index in [0.717, 1.165) is 26.2 Å². The Morgan fingerprint density at radius 1 is 1.33 bits per heavy atom. The lowest BCUT2D eigenvalue weighted by atomic mass is 10.2. The van der Waals surface area contributed by atoms with E-state index in [4.69, 9.17) is 4.74 Å². The molecule has 1 N–H and O–H groups in total. The van der Waals surface area contributed by atoms with Crippen molar-refractivity contribution in [3.63, 3.8) is 0 Å². The Balaban J connectivity index is 2.17. The first-order chi connectivity index (χ1) is 6.99. The van der Waals surface area contributed by atoms with Crippen LogP contribution in [0.3, 0.4) is 0 Å². The van der Waals surface area contributed by atoms with E-state index >= 15 is 0 Å². The summed E-state index contributed by atoms with van der Waals surface area (Å²) in [6.07, 6.45) is 0.497. The lowest BCUT2D eigenvalue weighted by Gasteiger charge is -2.28. The van der Waals surface area contributed by atoms with Gasteiger partial charge in [-0.25, -0.2) is 0 Å². The summed E-state index contributed by atoms with van der Waals surface area (Å²) in [7, 11) is 0. The molecule has 1 heterocycles. The standard InChI is InChI=1S/C11H22N2O2/c1-11(2,3)15-9-4-10(14)13-7-5-12-6-8-13/h12H,4-9H2,1-3H3. The van der Waals surface area contributed by atoms with Crippen LogP contribution >= 0.6 is 0 Å². The highest BCUT2D eigenvalue weighted by Crippen LogP contribution is 2.07. The molecule has 0 bridgehead atoms. The van der Waals surface area contributed by atoms with Crippen molar-refractivity contribution < 1.29 is 9.53 Å². The van der Waals surface area contributed by atoms with Crippen LogP contribution in [-0.2, 0) is 9.53 Å². The number of nitrogens with one attached hydrogen (secondary N) is 1. The highest BCUT2D eigenvalue weighted by molar-refractivity contribution is 5.76. The first-order valence-corrected chi connectivity index (χ1v) is 5.61. The molecule has 88 valence electrons. The second-order valence-electron chi connectivity index (χ2n) is 4.84. The van der Waals surface area contributed by atoms with Crippen LogP contribution in [0.4, 0.5) is 0 Å². The summed E-state index contributed by atoms with van der Waals surface area (Å²) < 4.78 is 5.53. The summed E-state index contributed by atoms with van der Waals surface area (Å²) in [5.41, 5.74) is -0.149. The van der Waals surface area contributed by atoms with Crippen LogP contribution in [0, 0.1) is 0 Å². The summed E-state index contributed by atoms with van der Waals surface area (Å²) in [6, 6.07) is 0. The summed E-state index contributed by atoms with van der Waals surface area (Å²) >= 11 is 0. The van der Waals surface area contributed by atoms with Crippen molar-refractivity contribution in [2.75, 3.05) is 32.8 Å². The normalized spacial score (nSPS) is 17.9. The summed E-state index contributed by atoms with van der Waals surface area (Å²) in [6.45, 7) is 10.00. The molecule has 0 saturated carbocycles. The van der Waals surface area contributed by atoms with Crippen molar-refractivity contribution in [3.05, 3.63) is 0 Å². The van der Waals surface area contributed by atoms with Crippen LogP contribution < -0.4 is 5.32 Å². The third kappa shape index (κ3) is 5.14. The molecule has 1 amide bonds. The third-order valence-electron chi connectivity index (χ3n) is 2.32. The van der Waals surface area contributed by atoms with E-state index in [2.05, 4.69) is 5.32 Å². The van der Waals surface area contributed by atoms with Gasteiger partial charge in [-0.2, -0.15) is 0 Å². The van der Waals surface area contributed by atoms with Crippen LogP contribution in [0.15, 0.2) is 0 Å². The van der Waals surface area contributed by atoms with E-state index in [9.17, 15) is 4.79 Å². The molecule has 0 radical (unpaired) electrons. The molecule has 0 aromatic carbocycles. The Labute approximate surface area is 92.0 Å². The van der Waals surface area contributed by atoms with E-state index in [0.29, 0.717) is 13.0 Å². The first kappa shape index (κ1) is 12.5. The number of piperazine rings is 1. The van der Waals surface area contributed by atoms with Gasteiger partial charge < -0.3 is 15.0 Å². The van der Waals surface area contributed by atoms with E-state index in [1.807, 2.05) is 25.7 Å². The quantitative estimate of drug-likeness (QED) is 0.749. The van der Waals surface area contributed by atoms with Crippen LogP contribution in [0.2, 0.25) is 0 Å². The van der Waals surface area contributed by atoms with Gasteiger partial charge in [0, 0.05) is 26.2 Å². The number of amides is 1. The largest absolute Gasteiger partial charge is 0.375 e. The fourth-order valence-electron chi connectivity index (χ4n) is 1.52. The molecule has 1 saturated heterocycles. The van der Waals surface area contributed by atoms with Crippen molar-refractivity contribution >= 4 is 5.91 Å². The molecule has 1 fully saturated rings. The summed E-state index contributed by atoms with van der Waals surface area (Å²) in [5.74, 6) is 0.209. The Kier molecular flexibility index (Phi) is 4.54. The van der Waals surface area contributed by atoms with Gasteiger partial charge in [-0.05, 0) is 20.8 Å². The number of hydrogen-bond donors (Lipinski definition) is 1. The highest BCUT2D eigenvalue weighted by Gasteiger charge is 2.17. The monoisotopic (exact) mass is 214 g/mol. The predicted octanol–water partition coefficient (Wildman–Crippen LogP) is 0.623. The minimum absolute atomic E-state index is 0.149. The fourth-order valence-corrected chi connectivity index (χ4v) is 1.52. The molecule has 0 unspecified atom stereocenters. The van der Waals surface area contributed by atoms with Crippen molar-refractivity contribution in [2.45, 2.75) is 32.8 Å². The summed E-state index contributed by atoms with van der Waals surface area (Å²) in [5, 5.41) is 3.22. The maximum atomic E-state index is 11.7. The molecule has 0 spiro atoms. The fraction of sp³-hybridized carbons (Fsp3) is 0.909. The molecule has 15 heavy (non-hydrogen) atoms. The van der Waals surface area contributed by atoms with Crippen LogP contribution in [0.1, 0.15) is 27.2 Å². The second-order valence-corrected chi connectivity index (χ2v) is 4.84. The maximum absolute atomic E-state index is 11.7. The zero-order valence-corrected chi connectivity index (χ0v) is 10.0. The lowest BCUT2D eigenvalue weighted by Crippen LogP contribution is -2.46. The molecule has 0 atom stereocenters. The van der Waals surface area contributed by atoms with Gasteiger partial charge in [-0.1, -0.05) is 0 Å². The molecule has 4 nitrogen and oxygen atoms in total. The Morgan fingerprint density at radius 2 is 1.93 bits per heavy atom.